The van der Waals surface area contributed by atoms with E-state index in [0.29, 0.717) is 12.8 Å². The minimum atomic E-state index is -4.63. The molecule has 0 amide bonds. The Morgan fingerprint density at radius 2 is 1.26 bits per heavy atom. The van der Waals surface area contributed by atoms with Crippen molar-refractivity contribution < 1.29 is 69.5 Å². The smallest absolute Gasteiger partial charge is 0.746 e. The molecule has 1 unspecified atom stereocenters. The van der Waals surface area contributed by atoms with Gasteiger partial charge in [0.2, 0.25) is 0 Å². The molecule has 0 heterocycles. The summed E-state index contributed by atoms with van der Waals surface area (Å²) in [6.07, 6.45) is 7.23. The van der Waals surface area contributed by atoms with E-state index in [0.717, 1.165) is 38.5 Å². The number of rotatable bonds is 11. The molecule has 19 heavy (non-hydrogen) atoms. The predicted molar refractivity (Wildman–Crippen MR) is 72.2 cm³/mol. The number of unbranched alkanes of at least 4 members (excludes halogenated alkanes) is 6. The Labute approximate surface area is 160 Å². The third kappa shape index (κ3) is 9.95. The first kappa shape index (κ1) is 22.8. The van der Waals surface area contributed by atoms with E-state index in [4.69, 9.17) is 0 Å². The van der Waals surface area contributed by atoms with Crippen LogP contribution in [0.4, 0.5) is 0 Å². The molecule has 0 bridgehead atoms. The molecule has 0 aliphatic carbocycles. The first-order chi connectivity index (χ1) is 8.37. The molecule has 0 spiro atoms. The maximum Gasteiger partial charge on any atom is 1.00 e. The van der Waals surface area contributed by atoms with Gasteiger partial charge in [0.25, 0.3) is 0 Å². The van der Waals surface area contributed by atoms with E-state index in [-0.39, 0.29) is 64.2 Å². The van der Waals surface area contributed by atoms with Crippen LogP contribution in [0.3, 0.4) is 0 Å². The monoisotopic (exact) mass is 318 g/mol. The van der Waals surface area contributed by atoms with Crippen LogP contribution in [0.25, 0.3) is 0 Å². The van der Waals surface area contributed by atoms with Crippen molar-refractivity contribution in [2.24, 2.45) is 0 Å². The standard InChI is InChI=1S/C13H28O4S.K/c1-3-5-7-8-10-12-13(14,18(15,16)17)11-9-6-4-2;/h14H,3-12H2,1-2H3,(H,15,16,17);/q;+1/p-1. The zero-order valence-electron chi connectivity index (χ0n) is 12.7. The maximum atomic E-state index is 11.2. The quantitative estimate of drug-likeness (QED) is 0.334. The second-order valence-electron chi connectivity index (χ2n) is 5.02. The van der Waals surface area contributed by atoms with E-state index in [1.54, 1.807) is 0 Å². The van der Waals surface area contributed by atoms with E-state index in [9.17, 15) is 18.1 Å². The summed E-state index contributed by atoms with van der Waals surface area (Å²) < 4.78 is 33.5. The minimum absolute atomic E-state index is 0. The Bertz CT molecular complexity index is 306. The fourth-order valence-corrected chi connectivity index (χ4v) is 2.82. The molecule has 0 saturated heterocycles. The van der Waals surface area contributed by atoms with Crippen LogP contribution >= 0.6 is 0 Å². The Balaban J connectivity index is 0. The largest absolute Gasteiger partial charge is 1.00 e. The summed E-state index contributed by atoms with van der Waals surface area (Å²) in [5.74, 6) is 0. The molecule has 0 aliphatic rings. The first-order valence-electron chi connectivity index (χ1n) is 7.05. The van der Waals surface area contributed by atoms with Crippen LogP contribution in [-0.4, -0.2) is 23.0 Å². The van der Waals surface area contributed by atoms with Gasteiger partial charge < -0.3 is 9.66 Å². The van der Waals surface area contributed by atoms with Crippen molar-refractivity contribution >= 4 is 10.1 Å². The van der Waals surface area contributed by atoms with E-state index >= 15 is 0 Å². The number of hydrogen-bond acceptors (Lipinski definition) is 4. The molecule has 110 valence electrons. The van der Waals surface area contributed by atoms with E-state index in [1.165, 1.54) is 0 Å². The molecule has 4 nitrogen and oxygen atoms in total. The van der Waals surface area contributed by atoms with Gasteiger partial charge in [0.05, 0.1) is 0 Å². The molecule has 0 fully saturated rings. The topological polar surface area (TPSA) is 77.4 Å². The molecule has 0 aromatic carbocycles. The van der Waals surface area contributed by atoms with Gasteiger partial charge in [-0.2, -0.15) is 0 Å². The van der Waals surface area contributed by atoms with Gasteiger partial charge in [-0.25, -0.2) is 8.42 Å². The molecule has 0 aromatic rings. The molecular formula is C13H27KO4S. The Morgan fingerprint density at radius 3 is 1.68 bits per heavy atom. The number of aliphatic hydroxyl groups is 1. The molecule has 1 N–H and O–H groups in total. The average Bonchev–Trinajstić information content (AvgIpc) is 2.28. The van der Waals surface area contributed by atoms with Crippen molar-refractivity contribution in [2.75, 3.05) is 0 Å². The molecular weight excluding hydrogens is 291 g/mol. The molecule has 0 aliphatic heterocycles. The van der Waals surface area contributed by atoms with Crippen molar-refractivity contribution in [2.45, 2.75) is 83.0 Å². The van der Waals surface area contributed by atoms with Crippen molar-refractivity contribution in [3.8, 4) is 0 Å². The molecule has 0 aromatic heterocycles. The van der Waals surface area contributed by atoms with Crippen LogP contribution < -0.4 is 51.4 Å². The third-order valence-corrected chi connectivity index (χ3v) is 4.65. The van der Waals surface area contributed by atoms with Crippen LogP contribution in [0.15, 0.2) is 0 Å². The van der Waals surface area contributed by atoms with Crippen LogP contribution in [0.2, 0.25) is 0 Å². The Morgan fingerprint density at radius 1 is 0.895 bits per heavy atom. The molecule has 1 atom stereocenters. The molecule has 0 radical (unpaired) electrons. The van der Waals surface area contributed by atoms with Gasteiger partial charge in [-0.05, 0) is 25.7 Å². The second-order valence-corrected chi connectivity index (χ2v) is 6.69. The van der Waals surface area contributed by atoms with Crippen LogP contribution in [0.5, 0.6) is 0 Å². The summed E-state index contributed by atoms with van der Waals surface area (Å²) in [4.78, 5) is -2.05. The zero-order valence-corrected chi connectivity index (χ0v) is 16.6. The van der Waals surface area contributed by atoms with E-state index in [1.807, 2.05) is 6.92 Å². The van der Waals surface area contributed by atoms with Gasteiger partial charge in [0, 0.05) is 0 Å². The van der Waals surface area contributed by atoms with Crippen LogP contribution in [0.1, 0.15) is 78.1 Å². The maximum absolute atomic E-state index is 11.2. The van der Waals surface area contributed by atoms with Crippen molar-refractivity contribution in [1.29, 1.82) is 0 Å². The normalized spacial score (nSPS) is 14.7. The van der Waals surface area contributed by atoms with Gasteiger partial charge in [-0.1, -0.05) is 52.4 Å². The molecule has 0 saturated carbocycles. The van der Waals surface area contributed by atoms with Gasteiger partial charge in [-0.3, -0.25) is 0 Å². The van der Waals surface area contributed by atoms with Crippen LogP contribution in [-0.2, 0) is 10.1 Å². The van der Waals surface area contributed by atoms with Gasteiger partial charge >= 0.3 is 51.4 Å². The van der Waals surface area contributed by atoms with Crippen molar-refractivity contribution in [3.05, 3.63) is 0 Å². The predicted octanol–water partition coefficient (Wildman–Crippen LogP) is 0.165. The summed E-state index contributed by atoms with van der Waals surface area (Å²) in [7, 11) is -4.63. The fourth-order valence-electron chi connectivity index (χ4n) is 2.03. The van der Waals surface area contributed by atoms with Crippen LogP contribution in [0, 0.1) is 0 Å². The van der Waals surface area contributed by atoms with Gasteiger partial charge in [0.1, 0.15) is 10.1 Å². The molecule has 0 rings (SSSR count). The molecule has 6 heteroatoms. The van der Waals surface area contributed by atoms with Crippen molar-refractivity contribution in [1.82, 2.24) is 0 Å². The SMILES string of the molecule is CCCCCCCC(O)(CCCCC)S(=O)(=O)[O-].[K+]. The summed E-state index contributed by atoms with van der Waals surface area (Å²) >= 11 is 0. The van der Waals surface area contributed by atoms with E-state index < -0.39 is 15.1 Å². The second kappa shape index (κ2) is 12.1. The fraction of sp³-hybridized carbons (Fsp3) is 1.00. The summed E-state index contributed by atoms with van der Waals surface area (Å²) in [6.45, 7) is 4.10. The summed E-state index contributed by atoms with van der Waals surface area (Å²) in [5, 5.41) is 10.0. The number of hydrogen-bond donors (Lipinski definition) is 1. The third-order valence-electron chi connectivity index (χ3n) is 3.31. The zero-order chi connectivity index (χ0) is 14.1. The van der Waals surface area contributed by atoms with Crippen molar-refractivity contribution in [3.63, 3.8) is 0 Å². The van der Waals surface area contributed by atoms with Gasteiger partial charge in [0.15, 0.2) is 4.93 Å². The summed E-state index contributed by atoms with van der Waals surface area (Å²) in [6, 6.07) is 0. The Hall–Kier alpha value is 1.51. The minimum Gasteiger partial charge on any atom is -0.746 e. The summed E-state index contributed by atoms with van der Waals surface area (Å²) in [5.41, 5.74) is 0. The van der Waals surface area contributed by atoms with E-state index in [2.05, 4.69) is 6.92 Å². The van der Waals surface area contributed by atoms with Gasteiger partial charge in [-0.15, -0.1) is 0 Å². The first-order valence-corrected chi connectivity index (χ1v) is 8.46. The average molecular weight is 319 g/mol. The Kier molecular flexibility index (Phi) is 14.5.